The number of hydrogen-bond acceptors (Lipinski definition) is 7. The Morgan fingerprint density at radius 3 is 2.31 bits per heavy atom. The minimum Gasteiger partial charge on any atom is -0.490 e. The summed E-state index contributed by atoms with van der Waals surface area (Å²) in [7, 11) is -4.11. The predicted octanol–water partition coefficient (Wildman–Crippen LogP) is 5.13. The molecule has 0 aliphatic carbocycles. The third kappa shape index (κ3) is 12.2. The van der Waals surface area contributed by atoms with Crippen molar-refractivity contribution in [2.24, 2.45) is 0 Å². The van der Waals surface area contributed by atoms with E-state index in [0.717, 1.165) is 25.0 Å². The summed E-state index contributed by atoms with van der Waals surface area (Å²) in [6.45, 7) is 4.42. The fraction of sp³-hybridized carbons (Fsp3) is 0.739. The van der Waals surface area contributed by atoms with Gasteiger partial charge in [0.15, 0.2) is 11.5 Å². The Morgan fingerprint density at radius 1 is 0.938 bits per heavy atom. The Bertz CT molecular complexity index is 657. The molecule has 1 aliphatic heterocycles. The second-order valence-electron chi connectivity index (χ2n) is 7.78. The molecule has 32 heavy (non-hydrogen) atoms. The molecule has 2 rings (SSSR count). The van der Waals surface area contributed by atoms with Crippen LogP contribution < -0.4 is 9.47 Å². The molecule has 0 fully saturated rings. The van der Waals surface area contributed by atoms with Crippen molar-refractivity contribution in [3.8, 4) is 11.5 Å². The molecule has 1 N–H and O–H groups in total. The number of benzene rings is 1. The number of hydrogen-bond donors (Lipinski definition) is 1. The highest BCUT2D eigenvalue weighted by atomic mass is 31.2. The molecule has 1 aliphatic rings. The van der Waals surface area contributed by atoms with Crippen LogP contribution >= 0.6 is 7.82 Å². The average molecular weight is 475 g/mol. The van der Waals surface area contributed by atoms with Gasteiger partial charge in [-0.1, -0.05) is 51.2 Å². The normalized spacial score (nSPS) is 20.2. The van der Waals surface area contributed by atoms with Crippen LogP contribution in [0.5, 0.6) is 11.5 Å². The molecule has 0 radical (unpaired) electrons. The van der Waals surface area contributed by atoms with Crippen molar-refractivity contribution in [3.05, 3.63) is 24.3 Å². The summed E-state index contributed by atoms with van der Waals surface area (Å²) >= 11 is 0. The summed E-state index contributed by atoms with van der Waals surface area (Å²) in [6.07, 6.45) is 7.31. The van der Waals surface area contributed by atoms with Gasteiger partial charge in [0.1, 0.15) is 6.10 Å². The largest absolute Gasteiger partial charge is 0.490 e. The van der Waals surface area contributed by atoms with Crippen LogP contribution in [0.25, 0.3) is 0 Å². The lowest BCUT2D eigenvalue weighted by Crippen LogP contribution is -2.27. The van der Waals surface area contributed by atoms with Gasteiger partial charge in [-0.2, -0.15) is 0 Å². The Labute approximate surface area is 192 Å². The second-order valence-corrected chi connectivity index (χ2v) is 9.24. The van der Waals surface area contributed by atoms with Gasteiger partial charge in [0.2, 0.25) is 0 Å². The molecule has 184 valence electrons. The highest BCUT2D eigenvalue weighted by Crippen LogP contribution is 2.43. The van der Waals surface area contributed by atoms with Gasteiger partial charge in [0.25, 0.3) is 0 Å². The molecule has 1 aromatic carbocycles. The van der Waals surface area contributed by atoms with Crippen LogP contribution in [0.3, 0.4) is 0 Å². The van der Waals surface area contributed by atoms with Crippen LogP contribution in [0.4, 0.5) is 0 Å². The van der Waals surface area contributed by atoms with Gasteiger partial charge >= 0.3 is 7.82 Å². The molecule has 2 unspecified atom stereocenters. The first-order valence-corrected chi connectivity index (χ1v) is 13.3. The molecule has 8 nitrogen and oxygen atoms in total. The van der Waals surface area contributed by atoms with Gasteiger partial charge in [-0.05, 0) is 18.6 Å². The van der Waals surface area contributed by atoms with Crippen molar-refractivity contribution in [1.29, 1.82) is 0 Å². The van der Waals surface area contributed by atoms with Crippen molar-refractivity contribution >= 4 is 7.82 Å². The Balaban J connectivity index is 1.70. The summed E-state index contributed by atoms with van der Waals surface area (Å²) in [4.78, 5) is 9.93. The Kier molecular flexibility index (Phi) is 13.9. The monoisotopic (exact) mass is 474 g/mol. The first-order valence-electron chi connectivity index (χ1n) is 11.8. The molecule has 1 aromatic rings. The van der Waals surface area contributed by atoms with E-state index < -0.39 is 13.9 Å². The van der Waals surface area contributed by atoms with Gasteiger partial charge in [0, 0.05) is 19.4 Å². The van der Waals surface area contributed by atoms with E-state index >= 15 is 0 Å². The lowest BCUT2D eigenvalue weighted by Gasteiger charge is -2.21. The number of phosphoric acid groups is 1. The number of para-hydroxylation sites is 2. The van der Waals surface area contributed by atoms with E-state index in [-0.39, 0.29) is 19.8 Å². The van der Waals surface area contributed by atoms with E-state index in [1.54, 1.807) is 0 Å². The van der Waals surface area contributed by atoms with E-state index in [1.807, 2.05) is 24.3 Å². The molecule has 1 heterocycles. The number of phosphoric ester groups is 1. The maximum atomic E-state index is 12.1. The molecule has 0 aromatic heterocycles. The third-order valence-electron chi connectivity index (χ3n) is 4.92. The number of rotatable bonds is 11. The zero-order valence-electron chi connectivity index (χ0n) is 19.2. The van der Waals surface area contributed by atoms with Crippen LogP contribution in [-0.4, -0.2) is 57.2 Å². The second kappa shape index (κ2) is 16.5. The smallest absolute Gasteiger partial charge is 0.472 e. The molecular formula is C23H39O8P. The molecule has 0 amide bonds. The van der Waals surface area contributed by atoms with Gasteiger partial charge in [-0.25, -0.2) is 4.57 Å². The van der Waals surface area contributed by atoms with Gasteiger partial charge in [0.05, 0.1) is 39.6 Å². The molecule has 9 heteroatoms. The van der Waals surface area contributed by atoms with Gasteiger partial charge in [-0.15, -0.1) is 0 Å². The summed E-state index contributed by atoms with van der Waals surface area (Å²) in [5, 5.41) is 0. The minimum absolute atomic E-state index is 0.0789. The molecule has 0 saturated carbocycles. The Morgan fingerprint density at radius 2 is 1.59 bits per heavy atom. The summed E-state index contributed by atoms with van der Waals surface area (Å²) in [5.74, 6) is 1.42. The highest BCUT2D eigenvalue weighted by molar-refractivity contribution is 7.47. The zero-order chi connectivity index (χ0) is 22.9. The standard InChI is InChI=1S/C23H39O8P/c1-2-3-4-5-6-9-18-30-32(24,25)31-20-21-19-26-14-10-16-28-22-12-7-8-13-23(22)29-17-11-15-27-21/h7-8,12-13,21H,2-6,9-11,14-20H2,1H3,(H,24,25). The van der Waals surface area contributed by atoms with Crippen LogP contribution in [0.2, 0.25) is 0 Å². The zero-order valence-corrected chi connectivity index (χ0v) is 20.1. The molecule has 0 spiro atoms. The SMILES string of the molecule is CCCCCCCCOP(=O)(O)OCC1COCCCOc2ccccc2OCCCO1. The lowest BCUT2D eigenvalue weighted by molar-refractivity contribution is -0.0470. The van der Waals surface area contributed by atoms with E-state index in [2.05, 4.69) is 6.92 Å². The Hall–Kier alpha value is -1.15. The van der Waals surface area contributed by atoms with Crippen LogP contribution in [0.1, 0.15) is 58.3 Å². The average Bonchev–Trinajstić information content (AvgIpc) is 2.78. The van der Waals surface area contributed by atoms with E-state index in [0.29, 0.717) is 45.0 Å². The fourth-order valence-corrected chi connectivity index (χ4v) is 3.95. The van der Waals surface area contributed by atoms with Crippen molar-refractivity contribution < 1.29 is 37.5 Å². The van der Waals surface area contributed by atoms with Crippen molar-refractivity contribution in [1.82, 2.24) is 0 Å². The fourth-order valence-electron chi connectivity index (χ4n) is 3.16. The van der Waals surface area contributed by atoms with E-state index in [9.17, 15) is 9.46 Å². The maximum absolute atomic E-state index is 12.1. The number of fused-ring (bicyclic) bond motifs is 1. The maximum Gasteiger partial charge on any atom is 0.472 e. The van der Waals surface area contributed by atoms with Crippen LogP contribution in [-0.2, 0) is 23.1 Å². The number of ether oxygens (including phenoxy) is 4. The third-order valence-corrected chi connectivity index (χ3v) is 5.90. The van der Waals surface area contributed by atoms with Gasteiger partial charge in [-0.3, -0.25) is 9.05 Å². The van der Waals surface area contributed by atoms with Crippen molar-refractivity contribution in [2.45, 2.75) is 64.4 Å². The molecule has 0 saturated heterocycles. The lowest BCUT2D eigenvalue weighted by atomic mass is 10.1. The predicted molar refractivity (Wildman–Crippen MR) is 122 cm³/mol. The first kappa shape index (κ1) is 27.1. The summed E-state index contributed by atoms with van der Waals surface area (Å²) < 4.78 is 45.4. The minimum atomic E-state index is -4.11. The quantitative estimate of drug-likeness (QED) is 0.348. The molecule has 2 atom stereocenters. The van der Waals surface area contributed by atoms with Gasteiger partial charge < -0.3 is 23.8 Å². The van der Waals surface area contributed by atoms with E-state index in [1.165, 1.54) is 19.3 Å². The molecular weight excluding hydrogens is 435 g/mol. The molecule has 0 bridgehead atoms. The number of unbranched alkanes of at least 4 members (excludes halogenated alkanes) is 5. The van der Waals surface area contributed by atoms with Crippen molar-refractivity contribution in [3.63, 3.8) is 0 Å². The van der Waals surface area contributed by atoms with Crippen LogP contribution in [0, 0.1) is 0 Å². The topological polar surface area (TPSA) is 92.7 Å². The van der Waals surface area contributed by atoms with E-state index in [4.69, 9.17) is 28.0 Å². The first-order chi connectivity index (χ1) is 15.6. The van der Waals surface area contributed by atoms with Crippen LogP contribution in [0.15, 0.2) is 24.3 Å². The highest BCUT2D eigenvalue weighted by Gasteiger charge is 2.23. The summed E-state index contributed by atoms with van der Waals surface area (Å²) in [5.41, 5.74) is 0. The van der Waals surface area contributed by atoms with Crippen molar-refractivity contribution in [2.75, 3.05) is 46.2 Å². The summed E-state index contributed by atoms with van der Waals surface area (Å²) in [6, 6.07) is 7.57.